The average Bonchev–Trinajstić information content (AvgIpc) is 3.04. The Bertz CT molecular complexity index is 1050. The highest BCUT2D eigenvalue weighted by molar-refractivity contribution is 5.89. The van der Waals surface area contributed by atoms with Crippen molar-refractivity contribution in [3.8, 4) is 28.1 Å². The zero-order valence-electron chi connectivity index (χ0n) is 14.5. The molecule has 0 bridgehead atoms. The molecule has 0 saturated heterocycles. The molecule has 1 N–H and O–H groups in total. The van der Waals surface area contributed by atoms with Crippen molar-refractivity contribution in [2.24, 2.45) is 0 Å². The number of methoxy groups -OCH3 is 1. The van der Waals surface area contributed by atoms with E-state index in [0.717, 1.165) is 45.0 Å². The summed E-state index contributed by atoms with van der Waals surface area (Å²) in [6, 6.07) is 14.8. The number of pyridine rings is 2. The molecule has 4 rings (SSSR count). The maximum absolute atomic E-state index is 5.27. The largest absolute Gasteiger partial charge is 0.495 e. The average molecular weight is 329 g/mol. The molecule has 4 aromatic rings. The van der Waals surface area contributed by atoms with E-state index in [-0.39, 0.29) is 0 Å². The van der Waals surface area contributed by atoms with Crippen molar-refractivity contribution in [2.45, 2.75) is 13.8 Å². The van der Waals surface area contributed by atoms with Gasteiger partial charge >= 0.3 is 0 Å². The smallest absolute Gasteiger partial charge is 0.137 e. The van der Waals surface area contributed by atoms with E-state index >= 15 is 0 Å². The number of hydrogen-bond acceptors (Lipinski definition) is 3. The van der Waals surface area contributed by atoms with Gasteiger partial charge in [0.15, 0.2) is 0 Å². The molecule has 0 unspecified atom stereocenters. The van der Waals surface area contributed by atoms with Crippen molar-refractivity contribution >= 4 is 10.9 Å². The van der Waals surface area contributed by atoms with E-state index in [4.69, 9.17) is 4.74 Å². The van der Waals surface area contributed by atoms with Crippen molar-refractivity contribution in [1.82, 2.24) is 15.0 Å². The Labute approximate surface area is 146 Å². The lowest BCUT2D eigenvalue weighted by molar-refractivity contribution is 0.413. The van der Waals surface area contributed by atoms with E-state index in [1.807, 2.05) is 26.1 Å². The van der Waals surface area contributed by atoms with E-state index in [2.05, 4.69) is 51.4 Å². The first-order chi connectivity index (χ1) is 12.1. The zero-order valence-corrected chi connectivity index (χ0v) is 14.5. The first-order valence-corrected chi connectivity index (χ1v) is 8.20. The number of nitrogens with zero attached hydrogens (tertiary/aromatic N) is 2. The van der Waals surface area contributed by atoms with Gasteiger partial charge in [-0.15, -0.1) is 0 Å². The van der Waals surface area contributed by atoms with Crippen molar-refractivity contribution < 1.29 is 4.74 Å². The van der Waals surface area contributed by atoms with Gasteiger partial charge in [0.05, 0.1) is 13.3 Å². The van der Waals surface area contributed by atoms with Gasteiger partial charge in [-0.3, -0.25) is 9.97 Å². The van der Waals surface area contributed by atoms with Gasteiger partial charge in [-0.1, -0.05) is 6.07 Å². The molecular formula is C21H19N3O. The van der Waals surface area contributed by atoms with Crippen LogP contribution in [0.3, 0.4) is 0 Å². The predicted octanol–water partition coefficient (Wildman–Crippen LogP) is 4.92. The summed E-state index contributed by atoms with van der Waals surface area (Å²) in [5.74, 6) is 0.759. The van der Waals surface area contributed by atoms with Crippen LogP contribution in [0.15, 0.2) is 54.9 Å². The summed E-state index contributed by atoms with van der Waals surface area (Å²) >= 11 is 0. The third kappa shape index (κ3) is 2.98. The summed E-state index contributed by atoms with van der Waals surface area (Å²) in [4.78, 5) is 12.2. The second-order valence-corrected chi connectivity index (χ2v) is 6.24. The van der Waals surface area contributed by atoms with Crippen molar-refractivity contribution in [1.29, 1.82) is 0 Å². The predicted molar refractivity (Wildman–Crippen MR) is 101 cm³/mol. The minimum absolute atomic E-state index is 0.759. The monoisotopic (exact) mass is 329 g/mol. The van der Waals surface area contributed by atoms with E-state index in [9.17, 15) is 0 Å². The molecule has 0 fully saturated rings. The normalized spacial score (nSPS) is 11.0. The van der Waals surface area contributed by atoms with Crippen LogP contribution in [0.2, 0.25) is 0 Å². The van der Waals surface area contributed by atoms with Crippen LogP contribution in [0.25, 0.3) is 33.3 Å². The first-order valence-electron chi connectivity index (χ1n) is 8.20. The van der Waals surface area contributed by atoms with E-state index in [1.165, 1.54) is 5.39 Å². The molecule has 0 aliphatic heterocycles. The highest BCUT2D eigenvalue weighted by Gasteiger charge is 2.07. The van der Waals surface area contributed by atoms with E-state index in [0.29, 0.717) is 0 Å². The van der Waals surface area contributed by atoms with Crippen molar-refractivity contribution in [2.75, 3.05) is 7.11 Å². The van der Waals surface area contributed by atoms with Crippen LogP contribution in [-0.4, -0.2) is 22.1 Å². The molecule has 124 valence electrons. The second-order valence-electron chi connectivity index (χ2n) is 6.24. The Morgan fingerprint density at radius 1 is 0.840 bits per heavy atom. The summed E-state index contributed by atoms with van der Waals surface area (Å²) in [6.45, 7) is 4.04. The van der Waals surface area contributed by atoms with Gasteiger partial charge in [-0.05, 0) is 55.8 Å². The van der Waals surface area contributed by atoms with Crippen molar-refractivity contribution in [3.63, 3.8) is 0 Å². The maximum atomic E-state index is 5.27. The lowest BCUT2D eigenvalue weighted by Crippen LogP contribution is -1.87. The minimum Gasteiger partial charge on any atom is -0.495 e. The molecule has 0 amide bonds. The maximum Gasteiger partial charge on any atom is 0.137 e. The zero-order chi connectivity index (χ0) is 17.4. The molecule has 3 aromatic heterocycles. The number of hydrogen-bond donors (Lipinski definition) is 1. The molecular weight excluding hydrogens is 310 g/mol. The molecule has 0 radical (unpaired) electrons. The molecule has 0 spiro atoms. The van der Waals surface area contributed by atoms with E-state index in [1.54, 1.807) is 13.3 Å². The third-order valence-electron chi connectivity index (χ3n) is 4.30. The van der Waals surface area contributed by atoms with Gasteiger partial charge in [0.1, 0.15) is 5.75 Å². The van der Waals surface area contributed by atoms with Crippen LogP contribution in [0.5, 0.6) is 5.75 Å². The number of fused-ring (bicyclic) bond motifs is 1. The molecule has 0 aliphatic carbocycles. The molecule has 4 nitrogen and oxygen atoms in total. The van der Waals surface area contributed by atoms with Crippen LogP contribution in [0, 0.1) is 13.8 Å². The highest BCUT2D eigenvalue weighted by Crippen LogP contribution is 2.29. The number of rotatable bonds is 3. The SMILES string of the molecule is COc1cncc(-c2ccc3[nH]c(-c4cc(C)nc(C)c4)cc3c2)c1. The van der Waals surface area contributed by atoms with Crippen molar-refractivity contribution in [3.05, 3.63) is 66.2 Å². The van der Waals surface area contributed by atoms with E-state index < -0.39 is 0 Å². The molecule has 3 heterocycles. The Hall–Kier alpha value is -3.14. The Morgan fingerprint density at radius 2 is 1.64 bits per heavy atom. The number of H-pyrrole nitrogens is 1. The second kappa shape index (κ2) is 6.06. The highest BCUT2D eigenvalue weighted by atomic mass is 16.5. The Morgan fingerprint density at radius 3 is 2.40 bits per heavy atom. The molecule has 0 saturated carbocycles. The van der Waals surface area contributed by atoms with Crippen LogP contribution < -0.4 is 4.74 Å². The van der Waals surface area contributed by atoms with Gasteiger partial charge in [-0.2, -0.15) is 0 Å². The fourth-order valence-corrected chi connectivity index (χ4v) is 3.15. The Kier molecular flexibility index (Phi) is 3.73. The fraction of sp³-hybridized carbons (Fsp3) is 0.143. The molecule has 25 heavy (non-hydrogen) atoms. The summed E-state index contributed by atoms with van der Waals surface area (Å²) in [5, 5.41) is 1.17. The van der Waals surface area contributed by atoms with Gasteiger partial charge in [-0.25, -0.2) is 0 Å². The van der Waals surface area contributed by atoms with Crippen LogP contribution >= 0.6 is 0 Å². The third-order valence-corrected chi connectivity index (χ3v) is 4.30. The number of aromatic nitrogens is 3. The Balaban J connectivity index is 1.79. The standard InChI is InChI=1S/C21H19N3O/c1-13-6-16(7-14(2)23-13)21-10-17-8-15(4-5-20(17)24-21)18-9-19(25-3)12-22-11-18/h4-12,24H,1-3H3. The summed E-state index contributed by atoms with van der Waals surface area (Å²) in [7, 11) is 1.65. The summed E-state index contributed by atoms with van der Waals surface area (Å²) in [6.07, 6.45) is 3.57. The van der Waals surface area contributed by atoms with Gasteiger partial charge in [0.25, 0.3) is 0 Å². The number of nitrogens with one attached hydrogen (secondary N) is 1. The minimum atomic E-state index is 0.759. The lowest BCUT2D eigenvalue weighted by atomic mass is 10.1. The number of aromatic amines is 1. The van der Waals surface area contributed by atoms with Gasteiger partial charge < -0.3 is 9.72 Å². The van der Waals surface area contributed by atoms with Gasteiger partial charge in [0, 0.05) is 45.3 Å². The van der Waals surface area contributed by atoms with Crippen LogP contribution in [0.4, 0.5) is 0 Å². The van der Waals surface area contributed by atoms with Crippen LogP contribution in [-0.2, 0) is 0 Å². The number of aryl methyl sites for hydroxylation is 2. The quantitative estimate of drug-likeness (QED) is 0.580. The summed E-state index contributed by atoms with van der Waals surface area (Å²) < 4.78 is 5.27. The lowest BCUT2D eigenvalue weighted by Gasteiger charge is -2.04. The summed E-state index contributed by atoms with van der Waals surface area (Å²) in [5.41, 5.74) is 7.58. The molecule has 4 heteroatoms. The molecule has 0 atom stereocenters. The van der Waals surface area contributed by atoms with Gasteiger partial charge in [0.2, 0.25) is 0 Å². The number of benzene rings is 1. The topological polar surface area (TPSA) is 50.8 Å². The fourth-order valence-electron chi connectivity index (χ4n) is 3.15. The molecule has 1 aromatic carbocycles. The number of ether oxygens (including phenoxy) is 1. The first kappa shape index (κ1) is 15.4. The van der Waals surface area contributed by atoms with Crippen LogP contribution in [0.1, 0.15) is 11.4 Å². The molecule has 0 aliphatic rings.